The first-order valence-corrected chi connectivity index (χ1v) is 11.7. The van der Waals surface area contributed by atoms with Gasteiger partial charge in [0, 0.05) is 35.3 Å². The van der Waals surface area contributed by atoms with Crippen LogP contribution in [0.3, 0.4) is 0 Å². The molecule has 0 atom stereocenters. The molecular weight excluding hydrogens is 414 g/mol. The number of ether oxygens (including phenoxy) is 1. The average molecular weight is 444 g/mol. The van der Waals surface area contributed by atoms with E-state index in [9.17, 15) is 8.42 Å². The van der Waals surface area contributed by atoms with Gasteiger partial charge in [-0.15, -0.1) is 0 Å². The zero-order valence-electron chi connectivity index (χ0n) is 18.7. The molecule has 1 aromatic carbocycles. The molecule has 0 aliphatic carbocycles. The first-order chi connectivity index (χ1) is 14.5. The molecule has 0 amide bonds. The Morgan fingerprint density at radius 3 is 2.39 bits per heavy atom. The molecule has 3 rings (SSSR count). The van der Waals surface area contributed by atoms with E-state index >= 15 is 0 Å². The van der Waals surface area contributed by atoms with Crippen molar-refractivity contribution in [2.75, 3.05) is 22.9 Å². The van der Waals surface area contributed by atoms with E-state index in [1.165, 1.54) is 0 Å². The van der Waals surface area contributed by atoms with Crippen LogP contribution in [0, 0.1) is 6.92 Å². The van der Waals surface area contributed by atoms with E-state index in [1.54, 1.807) is 32.4 Å². The van der Waals surface area contributed by atoms with Crippen molar-refractivity contribution in [1.82, 2.24) is 14.8 Å². The van der Waals surface area contributed by atoms with Crippen LogP contribution in [-0.4, -0.2) is 36.0 Å². The summed E-state index contributed by atoms with van der Waals surface area (Å²) in [6, 6.07) is 11.0. The molecular formula is C22H29N5O3S. The van der Waals surface area contributed by atoms with E-state index in [1.807, 2.05) is 35.9 Å². The third-order valence-corrected chi connectivity index (χ3v) is 6.04. The predicted octanol–water partition coefficient (Wildman–Crippen LogP) is 4.52. The van der Waals surface area contributed by atoms with Crippen LogP contribution in [0.5, 0.6) is 5.88 Å². The minimum atomic E-state index is -3.31. The molecule has 0 saturated heterocycles. The molecule has 0 bridgehead atoms. The highest BCUT2D eigenvalue weighted by Gasteiger charge is 2.21. The van der Waals surface area contributed by atoms with Gasteiger partial charge in [-0.25, -0.2) is 18.1 Å². The third kappa shape index (κ3) is 5.35. The number of aromatic nitrogens is 3. The summed E-state index contributed by atoms with van der Waals surface area (Å²) in [6.45, 7) is 9.82. The molecule has 166 valence electrons. The van der Waals surface area contributed by atoms with Gasteiger partial charge in [-0.05, 0) is 52.3 Å². The maximum absolute atomic E-state index is 11.8. The van der Waals surface area contributed by atoms with Crippen LogP contribution in [0.2, 0.25) is 0 Å². The SMILES string of the molecule is CCS(=O)(=O)Nc1ccc(-c2cc(Nc3cc(OC)ncc3C)n(C(C)(C)C)n2)cc1. The van der Waals surface area contributed by atoms with Crippen LogP contribution in [0.1, 0.15) is 33.3 Å². The molecule has 0 radical (unpaired) electrons. The second kappa shape index (κ2) is 8.58. The van der Waals surface area contributed by atoms with Gasteiger partial charge in [0.2, 0.25) is 15.9 Å². The van der Waals surface area contributed by atoms with Crippen LogP contribution in [0.15, 0.2) is 42.6 Å². The molecule has 8 nitrogen and oxygen atoms in total. The van der Waals surface area contributed by atoms with E-state index in [2.05, 4.69) is 35.8 Å². The number of benzene rings is 1. The highest BCUT2D eigenvalue weighted by Crippen LogP contribution is 2.31. The molecule has 0 saturated carbocycles. The molecule has 2 aromatic heterocycles. The lowest BCUT2D eigenvalue weighted by atomic mass is 10.1. The maximum Gasteiger partial charge on any atom is 0.232 e. The minimum Gasteiger partial charge on any atom is -0.481 e. The van der Waals surface area contributed by atoms with E-state index in [4.69, 9.17) is 9.84 Å². The highest BCUT2D eigenvalue weighted by molar-refractivity contribution is 7.92. The van der Waals surface area contributed by atoms with Crippen molar-refractivity contribution >= 4 is 27.2 Å². The number of methoxy groups -OCH3 is 1. The van der Waals surface area contributed by atoms with Crippen molar-refractivity contribution in [3.8, 4) is 17.1 Å². The van der Waals surface area contributed by atoms with Crippen LogP contribution in [0.25, 0.3) is 11.3 Å². The Balaban J connectivity index is 1.96. The number of rotatable bonds is 7. The summed E-state index contributed by atoms with van der Waals surface area (Å²) in [4.78, 5) is 4.23. The van der Waals surface area contributed by atoms with Crippen molar-refractivity contribution in [3.05, 3.63) is 48.2 Å². The summed E-state index contributed by atoms with van der Waals surface area (Å²) in [5.41, 5.74) is 3.79. The van der Waals surface area contributed by atoms with Crippen molar-refractivity contribution in [2.45, 2.75) is 40.2 Å². The first kappa shape index (κ1) is 22.6. The number of pyridine rings is 1. The number of anilines is 3. The van der Waals surface area contributed by atoms with Gasteiger partial charge in [-0.3, -0.25) is 4.72 Å². The Morgan fingerprint density at radius 1 is 1.13 bits per heavy atom. The molecule has 2 heterocycles. The molecule has 3 aromatic rings. The van der Waals surface area contributed by atoms with E-state index < -0.39 is 10.0 Å². The zero-order chi connectivity index (χ0) is 22.8. The lowest BCUT2D eigenvalue weighted by Gasteiger charge is -2.23. The molecule has 0 aliphatic rings. The van der Waals surface area contributed by atoms with Crippen molar-refractivity contribution < 1.29 is 13.2 Å². The zero-order valence-corrected chi connectivity index (χ0v) is 19.5. The van der Waals surface area contributed by atoms with E-state index in [-0.39, 0.29) is 11.3 Å². The fourth-order valence-corrected chi connectivity index (χ4v) is 3.61. The van der Waals surface area contributed by atoms with Crippen LogP contribution in [-0.2, 0) is 15.6 Å². The fourth-order valence-electron chi connectivity index (χ4n) is 2.97. The van der Waals surface area contributed by atoms with Crippen LogP contribution >= 0.6 is 0 Å². The minimum absolute atomic E-state index is 0.0268. The summed E-state index contributed by atoms with van der Waals surface area (Å²) >= 11 is 0. The predicted molar refractivity (Wildman–Crippen MR) is 125 cm³/mol. The van der Waals surface area contributed by atoms with Crippen LogP contribution < -0.4 is 14.8 Å². The number of aryl methyl sites for hydroxylation is 1. The molecule has 0 spiro atoms. The molecule has 31 heavy (non-hydrogen) atoms. The summed E-state index contributed by atoms with van der Waals surface area (Å²) in [7, 11) is -1.73. The van der Waals surface area contributed by atoms with Gasteiger partial charge in [0.05, 0.1) is 24.1 Å². The molecule has 0 aliphatic heterocycles. The van der Waals surface area contributed by atoms with Gasteiger partial charge in [0.1, 0.15) is 5.82 Å². The Morgan fingerprint density at radius 2 is 1.81 bits per heavy atom. The Labute approximate surface area is 183 Å². The average Bonchev–Trinajstić information content (AvgIpc) is 3.14. The van der Waals surface area contributed by atoms with Gasteiger partial charge in [-0.2, -0.15) is 5.10 Å². The van der Waals surface area contributed by atoms with Gasteiger partial charge >= 0.3 is 0 Å². The van der Waals surface area contributed by atoms with Crippen LogP contribution in [0.4, 0.5) is 17.2 Å². The van der Waals surface area contributed by atoms with Crippen molar-refractivity contribution in [1.29, 1.82) is 0 Å². The van der Waals surface area contributed by atoms with Gasteiger partial charge in [0.15, 0.2) is 0 Å². The largest absolute Gasteiger partial charge is 0.481 e. The van der Waals surface area contributed by atoms with Gasteiger partial charge < -0.3 is 10.1 Å². The van der Waals surface area contributed by atoms with Gasteiger partial charge in [-0.1, -0.05) is 12.1 Å². The fraction of sp³-hybridized carbons (Fsp3) is 0.364. The topological polar surface area (TPSA) is 98.1 Å². The van der Waals surface area contributed by atoms with E-state index in [0.717, 1.165) is 28.3 Å². The summed E-state index contributed by atoms with van der Waals surface area (Å²) < 4.78 is 33.3. The molecule has 0 fully saturated rings. The molecule has 0 unspecified atom stereocenters. The highest BCUT2D eigenvalue weighted by atomic mass is 32.2. The number of hydrogen-bond donors (Lipinski definition) is 2. The Kier molecular flexibility index (Phi) is 6.26. The normalized spacial score (nSPS) is 11.9. The number of hydrogen-bond acceptors (Lipinski definition) is 6. The molecule has 9 heteroatoms. The summed E-state index contributed by atoms with van der Waals surface area (Å²) in [5, 5.41) is 8.26. The lowest BCUT2D eigenvalue weighted by molar-refractivity contribution is 0.362. The molecule has 2 N–H and O–H groups in total. The third-order valence-electron chi connectivity index (χ3n) is 4.73. The number of sulfonamides is 1. The van der Waals surface area contributed by atoms with Gasteiger partial charge in [0.25, 0.3) is 0 Å². The lowest BCUT2D eigenvalue weighted by Crippen LogP contribution is -2.24. The second-order valence-electron chi connectivity index (χ2n) is 8.25. The summed E-state index contributed by atoms with van der Waals surface area (Å²) in [6.07, 6.45) is 1.76. The summed E-state index contributed by atoms with van der Waals surface area (Å²) in [5.74, 6) is 1.38. The smallest absolute Gasteiger partial charge is 0.232 e. The quantitative estimate of drug-likeness (QED) is 0.557. The van der Waals surface area contributed by atoms with E-state index in [0.29, 0.717) is 11.6 Å². The van der Waals surface area contributed by atoms with Crippen molar-refractivity contribution in [3.63, 3.8) is 0 Å². The number of nitrogens with one attached hydrogen (secondary N) is 2. The first-order valence-electron chi connectivity index (χ1n) is 10.0. The van der Waals surface area contributed by atoms with Crippen molar-refractivity contribution in [2.24, 2.45) is 0 Å². The second-order valence-corrected chi connectivity index (χ2v) is 10.3. The Bertz CT molecular complexity index is 1160. The standard InChI is InChI=1S/C22H29N5O3S/c1-7-31(28,29)26-17-10-8-16(9-11-17)19-12-20(27(25-19)22(3,4)5)24-18-13-21(30-6)23-14-15(18)2/h8-14,26H,7H2,1-6H3,(H,23,24). The maximum atomic E-state index is 11.8. The number of nitrogens with zero attached hydrogens (tertiary/aromatic N) is 3. The Hall–Kier alpha value is -3.07. The monoisotopic (exact) mass is 443 g/mol.